The van der Waals surface area contributed by atoms with E-state index < -0.39 is 6.29 Å². The molecule has 0 bridgehead atoms. The number of hydrogen-bond acceptors (Lipinski definition) is 2. The Bertz CT molecular complexity index is 187. The van der Waals surface area contributed by atoms with E-state index >= 15 is 0 Å². The zero-order chi connectivity index (χ0) is 7.40. The second-order valence-corrected chi connectivity index (χ2v) is 2.17. The van der Waals surface area contributed by atoms with Crippen molar-refractivity contribution in [2.24, 2.45) is 0 Å². The maximum Gasteiger partial charge on any atom is 0.155 e. The fourth-order valence-corrected chi connectivity index (χ4v) is 0.825. The van der Waals surface area contributed by atoms with Gasteiger partial charge in [-0.1, -0.05) is 30.3 Å². The smallest absolute Gasteiger partial charge is 0.155 e. The van der Waals surface area contributed by atoms with Crippen molar-refractivity contribution in [2.45, 2.75) is 12.7 Å². The van der Waals surface area contributed by atoms with Crippen LogP contribution < -0.4 is 0 Å². The van der Waals surface area contributed by atoms with Gasteiger partial charge in [0.05, 0.1) is 0 Å². The zero-order valence-electron chi connectivity index (χ0n) is 5.97. The van der Waals surface area contributed by atoms with Gasteiger partial charge in [0.1, 0.15) is 0 Å². The Hall–Kier alpha value is -0.172. The number of hydrogen-bond donors (Lipinski definition) is 2. The standard InChI is InChI=1S/C8H10O2.Mo/c9-8(10)6-7-4-2-1-3-5-7;/h1-5,8-10H,6H2;. The van der Waals surface area contributed by atoms with Gasteiger partial charge in [-0.2, -0.15) is 0 Å². The molecule has 0 spiro atoms. The molecule has 0 heterocycles. The van der Waals surface area contributed by atoms with Crippen molar-refractivity contribution in [1.29, 1.82) is 0 Å². The first-order valence-corrected chi connectivity index (χ1v) is 3.19. The van der Waals surface area contributed by atoms with E-state index in [2.05, 4.69) is 0 Å². The Balaban J connectivity index is 0.000001000. The summed E-state index contributed by atoms with van der Waals surface area (Å²) in [6.07, 6.45) is -0.928. The van der Waals surface area contributed by atoms with Gasteiger partial charge in [-0.15, -0.1) is 0 Å². The van der Waals surface area contributed by atoms with E-state index in [0.717, 1.165) is 5.56 Å². The van der Waals surface area contributed by atoms with Crippen molar-refractivity contribution in [3.63, 3.8) is 0 Å². The average molecular weight is 234 g/mol. The molecule has 2 N–H and O–H groups in total. The molecule has 0 radical (unpaired) electrons. The largest absolute Gasteiger partial charge is 0.368 e. The predicted molar refractivity (Wildman–Crippen MR) is 38.4 cm³/mol. The fourth-order valence-electron chi connectivity index (χ4n) is 0.825. The van der Waals surface area contributed by atoms with Crippen LogP contribution in [-0.2, 0) is 27.5 Å². The monoisotopic (exact) mass is 236 g/mol. The van der Waals surface area contributed by atoms with Crippen LogP contribution in [0.3, 0.4) is 0 Å². The summed E-state index contributed by atoms with van der Waals surface area (Å²) < 4.78 is 0. The molecule has 0 amide bonds. The van der Waals surface area contributed by atoms with E-state index in [1.165, 1.54) is 0 Å². The van der Waals surface area contributed by atoms with E-state index in [1.54, 1.807) is 0 Å². The van der Waals surface area contributed by atoms with Gasteiger partial charge in [-0.05, 0) is 5.56 Å². The molecule has 0 saturated heterocycles. The molecule has 1 rings (SSSR count). The predicted octanol–water partition coefficient (Wildman–Crippen LogP) is 0.537. The van der Waals surface area contributed by atoms with Crippen LogP contribution in [0.1, 0.15) is 5.56 Å². The molecule has 0 fully saturated rings. The Morgan fingerprint density at radius 1 is 1.09 bits per heavy atom. The van der Waals surface area contributed by atoms with E-state index in [4.69, 9.17) is 10.2 Å². The molecule has 0 aliphatic heterocycles. The summed E-state index contributed by atoms with van der Waals surface area (Å²) >= 11 is 0. The molecule has 60 valence electrons. The van der Waals surface area contributed by atoms with Gasteiger partial charge in [0, 0.05) is 27.5 Å². The third-order valence-corrected chi connectivity index (χ3v) is 1.26. The molecule has 3 heteroatoms. The number of benzene rings is 1. The molecule has 0 aliphatic carbocycles. The fraction of sp³-hybridized carbons (Fsp3) is 0.250. The minimum atomic E-state index is -1.23. The molecule has 1 aromatic carbocycles. The SMILES string of the molecule is OC(O)Cc1ccccc1.[Mo]. The minimum absolute atomic E-state index is 0. The first kappa shape index (κ1) is 10.8. The van der Waals surface area contributed by atoms with Crippen LogP contribution in [0, 0.1) is 0 Å². The molecular weight excluding hydrogens is 224 g/mol. The number of aliphatic hydroxyl groups excluding tert-OH is 1. The molecular formula is C8H10MoO2. The van der Waals surface area contributed by atoms with E-state index in [-0.39, 0.29) is 21.1 Å². The quantitative estimate of drug-likeness (QED) is 0.579. The van der Waals surface area contributed by atoms with Gasteiger partial charge >= 0.3 is 0 Å². The zero-order valence-corrected chi connectivity index (χ0v) is 7.98. The van der Waals surface area contributed by atoms with Crippen molar-refractivity contribution in [2.75, 3.05) is 0 Å². The van der Waals surface area contributed by atoms with Gasteiger partial charge in [-0.25, -0.2) is 0 Å². The molecule has 1 aromatic rings. The van der Waals surface area contributed by atoms with Crippen molar-refractivity contribution < 1.29 is 31.3 Å². The van der Waals surface area contributed by atoms with Crippen molar-refractivity contribution >= 4 is 0 Å². The Kier molecular flexibility index (Phi) is 5.39. The van der Waals surface area contributed by atoms with Crippen LogP contribution in [0.4, 0.5) is 0 Å². The van der Waals surface area contributed by atoms with Gasteiger partial charge < -0.3 is 10.2 Å². The van der Waals surface area contributed by atoms with E-state index in [0.29, 0.717) is 6.42 Å². The Morgan fingerprint density at radius 2 is 1.64 bits per heavy atom. The normalized spacial score (nSPS) is 9.36. The first-order chi connectivity index (χ1) is 4.79. The van der Waals surface area contributed by atoms with Gasteiger partial charge in [0.15, 0.2) is 6.29 Å². The van der Waals surface area contributed by atoms with Crippen LogP contribution in [-0.4, -0.2) is 16.5 Å². The van der Waals surface area contributed by atoms with Crippen LogP contribution in [0.5, 0.6) is 0 Å². The Labute approximate surface area is 80.1 Å². The summed E-state index contributed by atoms with van der Waals surface area (Å²) in [5.41, 5.74) is 0.942. The van der Waals surface area contributed by atoms with Crippen LogP contribution >= 0.6 is 0 Å². The van der Waals surface area contributed by atoms with Gasteiger partial charge in [0.2, 0.25) is 0 Å². The number of rotatable bonds is 2. The second-order valence-electron chi connectivity index (χ2n) is 2.17. The van der Waals surface area contributed by atoms with Crippen LogP contribution in [0.2, 0.25) is 0 Å². The topological polar surface area (TPSA) is 40.5 Å². The van der Waals surface area contributed by atoms with Gasteiger partial charge in [-0.3, -0.25) is 0 Å². The maximum atomic E-state index is 8.56. The summed E-state index contributed by atoms with van der Waals surface area (Å²) in [4.78, 5) is 0. The molecule has 11 heavy (non-hydrogen) atoms. The summed E-state index contributed by atoms with van der Waals surface area (Å²) in [6, 6.07) is 9.36. The van der Waals surface area contributed by atoms with Crippen LogP contribution in [0.15, 0.2) is 30.3 Å². The van der Waals surface area contributed by atoms with Crippen molar-refractivity contribution in [3.05, 3.63) is 35.9 Å². The van der Waals surface area contributed by atoms with Crippen LogP contribution in [0.25, 0.3) is 0 Å². The summed E-state index contributed by atoms with van der Waals surface area (Å²) in [5, 5.41) is 17.1. The van der Waals surface area contributed by atoms with Crippen molar-refractivity contribution in [1.82, 2.24) is 0 Å². The molecule has 0 aromatic heterocycles. The van der Waals surface area contributed by atoms with Crippen molar-refractivity contribution in [3.8, 4) is 0 Å². The molecule has 0 saturated carbocycles. The molecule has 0 aliphatic rings. The van der Waals surface area contributed by atoms with E-state index in [9.17, 15) is 0 Å². The maximum absolute atomic E-state index is 8.56. The summed E-state index contributed by atoms with van der Waals surface area (Å²) in [7, 11) is 0. The van der Waals surface area contributed by atoms with Gasteiger partial charge in [0.25, 0.3) is 0 Å². The minimum Gasteiger partial charge on any atom is -0.368 e. The van der Waals surface area contributed by atoms with E-state index in [1.807, 2.05) is 30.3 Å². The number of aliphatic hydroxyl groups is 2. The summed E-state index contributed by atoms with van der Waals surface area (Å²) in [6.45, 7) is 0. The first-order valence-electron chi connectivity index (χ1n) is 3.19. The summed E-state index contributed by atoms with van der Waals surface area (Å²) in [5.74, 6) is 0. The molecule has 0 unspecified atom stereocenters. The average Bonchev–Trinajstić information content (AvgIpc) is 1.88. The third-order valence-electron chi connectivity index (χ3n) is 1.26. The second kappa shape index (κ2) is 5.48. The third kappa shape index (κ3) is 4.30. The molecule has 2 nitrogen and oxygen atoms in total. The molecule has 0 atom stereocenters. The Morgan fingerprint density at radius 3 is 2.09 bits per heavy atom.